The van der Waals surface area contributed by atoms with E-state index in [0.717, 1.165) is 22.9 Å². The van der Waals surface area contributed by atoms with Gasteiger partial charge in [0.1, 0.15) is 0 Å². The number of thioether (sulfide) groups is 1. The maximum atomic E-state index is 5.94. The molecule has 0 aliphatic carbocycles. The second kappa shape index (κ2) is 4.64. The topological polar surface area (TPSA) is 38.0 Å². The summed E-state index contributed by atoms with van der Waals surface area (Å²) in [4.78, 5) is 0. The van der Waals surface area contributed by atoms with E-state index < -0.39 is 0 Å². The first-order valence-electron chi connectivity index (χ1n) is 5.06. The first-order chi connectivity index (χ1) is 7.24. The van der Waals surface area contributed by atoms with Gasteiger partial charge in [-0.1, -0.05) is 17.7 Å². The molecule has 2 nitrogen and oxygen atoms in total. The van der Waals surface area contributed by atoms with E-state index >= 15 is 0 Å². The summed E-state index contributed by atoms with van der Waals surface area (Å²) in [6, 6.07) is 7.82. The molecule has 0 saturated carbocycles. The molecule has 1 saturated heterocycles. The van der Waals surface area contributed by atoms with Crippen molar-refractivity contribution >= 4 is 29.1 Å². The van der Waals surface area contributed by atoms with Crippen molar-refractivity contribution in [2.24, 2.45) is 5.73 Å². The Labute approximate surface area is 99.6 Å². The van der Waals surface area contributed by atoms with Crippen LogP contribution in [0.25, 0.3) is 0 Å². The number of rotatable bonds is 3. The molecule has 1 atom stereocenters. The molecular formula is C11H15ClN2S. The number of halogens is 1. The lowest BCUT2D eigenvalue weighted by Crippen LogP contribution is -2.45. The van der Waals surface area contributed by atoms with Gasteiger partial charge in [-0.3, -0.25) is 0 Å². The zero-order valence-corrected chi connectivity index (χ0v) is 10.1. The molecule has 1 aromatic carbocycles. The van der Waals surface area contributed by atoms with E-state index in [1.807, 2.05) is 36.0 Å². The molecule has 1 aromatic rings. The van der Waals surface area contributed by atoms with Crippen LogP contribution >= 0.6 is 23.4 Å². The fraction of sp³-hybridized carbons (Fsp3) is 0.455. The summed E-state index contributed by atoms with van der Waals surface area (Å²) in [6.07, 6.45) is 1.13. The monoisotopic (exact) mass is 242 g/mol. The van der Waals surface area contributed by atoms with Crippen LogP contribution in [0.1, 0.15) is 6.42 Å². The first kappa shape index (κ1) is 11.1. The predicted molar refractivity (Wildman–Crippen MR) is 68.8 cm³/mol. The zero-order valence-electron chi connectivity index (χ0n) is 8.50. The Kier molecular flexibility index (Phi) is 3.44. The molecular weight excluding hydrogens is 228 g/mol. The molecule has 1 fully saturated rings. The van der Waals surface area contributed by atoms with E-state index in [1.165, 1.54) is 5.75 Å². The number of benzene rings is 1. The lowest BCUT2D eigenvalue weighted by molar-refractivity contribution is 0.537. The van der Waals surface area contributed by atoms with E-state index in [-0.39, 0.29) is 5.54 Å². The number of hydrogen-bond donors (Lipinski definition) is 2. The van der Waals surface area contributed by atoms with Gasteiger partial charge in [0.2, 0.25) is 0 Å². The number of anilines is 1. The maximum Gasteiger partial charge on any atom is 0.0593 e. The summed E-state index contributed by atoms with van der Waals surface area (Å²) in [6.45, 7) is 0.673. The van der Waals surface area contributed by atoms with Crippen molar-refractivity contribution in [3.8, 4) is 0 Å². The van der Waals surface area contributed by atoms with E-state index in [1.54, 1.807) is 0 Å². The summed E-state index contributed by atoms with van der Waals surface area (Å²) in [5.74, 6) is 2.26. The summed E-state index contributed by atoms with van der Waals surface area (Å²) in [7, 11) is 0. The predicted octanol–water partition coefficient (Wildman–Crippen LogP) is 2.59. The third-order valence-electron chi connectivity index (χ3n) is 2.73. The summed E-state index contributed by atoms with van der Waals surface area (Å²) >= 11 is 7.90. The van der Waals surface area contributed by atoms with Crippen LogP contribution < -0.4 is 11.1 Å². The van der Waals surface area contributed by atoms with Gasteiger partial charge in [-0.25, -0.2) is 0 Å². The standard InChI is InChI=1S/C11H15ClN2S/c12-9-2-1-3-10(6-9)14-11(7-13)4-5-15-8-11/h1-3,6,14H,4-5,7-8,13H2. The smallest absolute Gasteiger partial charge is 0.0593 e. The molecule has 15 heavy (non-hydrogen) atoms. The summed E-state index contributed by atoms with van der Waals surface area (Å²) < 4.78 is 0. The van der Waals surface area contributed by atoms with Gasteiger partial charge in [-0.05, 0) is 30.4 Å². The highest BCUT2D eigenvalue weighted by atomic mass is 35.5. The third kappa shape index (κ3) is 2.60. The molecule has 1 aliphatic rings. The van der Waals surface area contributed by atoms with Crippen LogP contribution in [0.4, 0.5) is 5.69 Å². The van der Waals surface area contributed by atoms with E-state index in [9.17, 15) is 0 Å². The Morgan fingerprint density at radius 2 is 2.40 bits per heavy atom. The van der Waals surface area contributed by atoms with Gasteiger partial charge in [0.05, 0.1) is 5.54 Å². The van der Waals surface area contributed by atoms with Crippen LogP contribution in [0, 0.1) is 0 Å². The largest absolute Gasteiger partial charge is 0.377 e. The van der Waals surface area contributed by atoms with Gasteiger partial charge >= 0.3 is 0 Å². The van der Waals surface area contributed by atoms with E-state index in [0.29, 0.717) is 6.54 Å². The molecule has 2 rings (SSSR count). The van der Waals surface area contributed by atoms with Crippen LogP contribution in [0.5, 0.6) is 0 Å². The first-order valence-corrected chi connectivity index (χ1v) is 6.59. The summed E-state index contributed by atoms with van der Waals surface area (Å²) in [5, 5.41) is 4.28. The van der Waals surface area contributed by atoms with Crippen LogP contribution in [0.15, 0.2) is 24.3 Å². The SMILES string of the molecule is NCC1(Nc2cccc(Cl)c2)CCSC1. The van der Waals surface area contributed by atoms with Crippen molar-refractivity contribution in [1.29, 1.82) is 0 Å². The zero-order chi connectivity index (χ0) is 10.7. The molecule has 0 amide bonds. The highest BCUT2D eigenvalue weighted by molar-refractivity contribution is 7.99. The fourth-order valence-electron chi connectivity index (χ4n) is 1.79. The molecule has 0 aromatic heterocycles. The fourth-order valence-corrected chi connectivity index (χ4v) is 3.39. The molecule has 3 N–H and O–H groups in total. The second-order valence-corrected chi connectivity index (χ2v) is 5.46. The number of hydrogen-bond acceptors (Lipinski definition) is 3. The maximum absolute atomic E-state index is 5.94. The highest BCUT2D eigenvalue weighted by Crippen LogP contribution is 2.31. The normalized spacial score (nSPS) is 25.5. The Hall–Kier alpha value is -0.380. The molecule has 0 spiro atoms. The molecule has 4 heteroatoms. The lowest BCUT2D eigenvalue weighted by atomic mass is 9.99. The second-order valence-electron chi connectivity index (χ2n) is 3.92. The number of nitrogens with one attached hydrogen (secondary N) is 1. The van der Waals surface area contributed by atoms with Crippen LogP contribution in [-0.2, 0) is 0 Å². The molecule has 1 heterocycles. The Morgan fingerprint density at radius 1 is 1.53 bits per heavy atom. The van der Waals surface area contributed by atoms with Crippen molar-refractivity contribution < 1.29 is 0 Å². The minimum atomic E-state index is 0.0648. The molecule has 0 radical (unpaired) electrons. The quantitative estimate of drug-likeness (QED) is 0.856. The molecule has 0 bridgehead atoms. The minimum Gasteiger partial charge on any atom is -0.377 e. The van der Waals surface area contributed by atoms with Crippen molar-refractivity contribution in [2.75, 3.05) is 23.4 Å². The Bertz CT molecular complexity index is 337. The highest BCUT2D eigenvalue weighted by Gasteiger charge is 2.32. The van der Waals surface area contributed by atoms with Gasteiger partial charge in [-0.2, -0.15) is 11.8 Å². The molecule has 1 aliphatic heterocycles. The lowest BCUT2D eigenvalue weighted by Gasteiger charge is -2.29. The molecule has 1 unspecified atom stereocenters. The van der Waals surface area contributed by atoms with Crippen LogP contribution in [0.2, 0.25) is 5.02 Å². The van der Waals surface area contributed by atoms with Crippen molar-refractivity contribution in [3.63, 3.8) is 0 Å². The van der Waals surface area contributed by atoms with Gasteiger partial charge in [-0.15, -0.1) is 0 Å². The van der Waals surface area contributed by atoms with Crippen molar-refractivity contribution in [3.05, 3.63) is 29.3 Å². The van der Waals surface area contributed by atoms with Gasteiger partial charge in [0.25, 0.3) is 0 Å². The van der Waals surface area contributed by atoms with E-state index in [4.69, 9.17) is 17.3 Å². The Morgan fingerprint density at radius 3 is 3.00 bits per heavy atom. The third-order valence-corrected chi connectivity index (χ3v) is 4.21. The van der Waals surface area contributed by atoms with Crippen LogP contribution in [-0.4, -0.2) is 23.6 Å². The van der Waals surface area contributed by atoms with Gasteiger partial charge < -0.3 is 11.1 Å². The minimum absolute atomic E-state index is 0.0648. The van der Waals surface area contributed by atoms with Crippen molar-refractivity contribution in [1.82, 2.24) is 0 Å². The average Bonchev–Trinajstić information content (AvgIpc) is 2.67. The van der Waals surface area contributed by atoms with Gasteiger partial charge in [0, 0.05) is 23.0 Å². The number of nitrogens with two attached hydrogens (primary N) is 1. The molecule has 82 valence electrons. The summed E-state index contributed by atoms with van der Waals surface area (Å²) in [5.41, 5.74) is 6.98. The van der Waals surface area contributed by atoms with E-state index in [2.05, 4.69) is 5.32 Å². The van der Waals surface area contributed by atoms with Crippen LogP contribution in [0.3, 0.4) is 0 Å². The van der Waals surface area contributed by atoms with Crippen molar-refractivity contribution in [2.45, 2.75) is 12.0 Å². The average molecular weight is 243 g/mol. The van der Waals surface area contributed by atoms with Gasteiger partial charge in [0.15, 0.2) is 0 Å². The Balaban J connectivity index is 2.12.